The Labute approximate surface area is 132 Å². The van der Waals surface area contributed by atoms with E-state index in [0.29, 0.717) is 23.2 Å². The number of anilines is 1. The topological polar surface area (TPSA) is 69.7 Å². The molecular formula is C13H16BrN3O3S. The van der Waals surface area contributed by atoms with Gasteiger partial charge < -0.3 is 10.2 Å². The predicted molar refractivity (Wildman–Crippen MR) is 82.7 cm³/mol. The summed E-state index contributed by atoms with van der Waals surface area (Å²) in [5.41, 5.74) is 1.42. The first-order valence-electron chi connectivity index (χ1n) is 6.69. The van der Waals surface area contributed by atoms with Crippen molar-refractivity contribution in [1.82, 2.24) is 9.21 Å². The number of piperazine rings is 1. The maximum Gasteiger partial charge on any atom is 0.244 e. The van der Waals surface area contributed by atoms with Crippen molar-refractivity contribution in [2.75, 3.05) is 38.5 Å². The number of sulfonamides is 1. The van der Waals surface area contributed by atoms with Crippen LogP contribution in [0, 0.1) is 0 Å². The van der Waals surface area contributed by atoms with Crippen LogP contribution in [0.4, 0.5) is 5.69 Å². The van der Waals surface area contributed by atoms with Gasteiger partial charge in [-0.15, -0.1) is 0 Å². The molecule has 2 heterocycles. The van der Waals surface area contributed by atoms with Crippen LogP contribution >= 0.6 is 15.9 Å². The number of hydrogen-bond acceptors (Lipinski definition) is 4. The van der Waals surface area contributed by atoms with E-state index in [9.17, 15) is 13.2 Å². The smallest absolute Gasteiger partial charge is 0.244 e. The lowest BCUT2D eigenvalue weighted by Crippen LogP contribution is -2.47. The molecule has 0 bridgehead atoms. The van der Waals surface area contributed by atoms with Crippen molar-refractivity contribution in [2.24, 2.45) is 0 Å². The molecule has 0 atom stereocenters. The van der Waals surface area contributed by atoms with E-state index in [-0.39, 0.29) is 17.2 Å². The van der Waals surface area contributed by atoms with Gasteiger partial charge in [0.05, 0.1) is 11.3 Å². The summed E-state index contributed by atoms with van der Waals surface area (Å²) in [5.74, 6) is -0.106. The minimum atomic E-state index is -3.53. The number of nitrogens with one attached hydrogen (secondary N) is 1. The number of hydrogen-bond donors (Lipinski definition) is 1. The molecule has 1 aromatic rings. The van der Waals surface area contributed by atoms with Crippen molar-refractivity contribution in [3.05, 3.63) is 22.2 Å². The van der Waals surface area contributed by atoms with E-state index in [1.807, 2.05) is 7.05 Å². The molecule has 6 nitrogen and oxygen atoms in total. The Bertz CT molecular complexity index is 697. The number of benzene rings is 1. The van der Waals surface area contributed by atoms with Gasteiger partial charge in [-0.3, -0.25) is 4.79 Å². The second-order valence-electron chi connectivity index (χ2n) is 5.37. The highest BCUT2D eigenvalue weighted by atomic mass is 79.9. The number of likely N-dealkylation sites (N-methyl/N-ethyl adjacent to an activating group) is 1. The summed E-state index contributed by atoms with van der Waals surface area (Å²) in [7, 11) is -1.56. The number of nitrogens with zero attached hydrogens (tertiary/aromatic N) is 2. The molecule has 0 aliphatic carbocycles. The summed E-state index contributed by atoms with van der Waals surface area (Å²) < 4.78 is 27.5. The number of carbonyl (C=O) groups is 1. The number of fused-ring (bicyclic) bond motifs is 1. The molecule has 1 N–H and O–H groups in total. The number of halogens is 1. The zero-order valence-corrected chi connectivity index (χ0v) is 14.0. The molecule has 1 amide bonds. The summed E-state index contributed by atoms with van der Waals surface area (Å²) in [5, 5.41) is 2.72. The average Bonchev–Trinajstić information content (AvgIpc) is 2.77. The van der Waals surface area contributed by atoms with Gasteiger partial charge in [-0.25, -0.2) is 8.42 Å². The summed E-state index contributed by atoms with van der Waals surface area (Å²) in [6.45, 7) is 2.42. The molecule has 2 aliphatic rings. The first-order chi connectivity index (χ1) is 9.88. The number of carbonyl (C=O) groups excluding carboxylic acids is 1. The van der Waals surface area contributed by atoms with Gasteiger partial charge in [-0.05, 0) is 40.7 Å². The van der Waals surface area contributed by atoms with Crippen molar-refractivity contribution in [3.63, 3.8) is 0 Å². The van der Waals surface area contributed by atoms with E-state index in [1.165, 1.54) is 4.31 Å². The molecule has 1 aromatic carbocycles. The highest BCUT2D eigenvalue weighted by Gasteiger charge is 2.31. The van der Waals surface area contributed by atoms with Crippen LogP contribution in [0.1, 0.15) is 5.56 Å². The molecule has 0 aromatic heterocycles. The Kier molecular flexibility index (Phi) is 3.81. The standard InChI is InChI=1S/C13H16BrN3O3S/c1-16-2-4-17(5-3-16)21(19,20)12-6-9-7-13(18)15-11(9)8-10(12)14/h6,8H,2-5,7H2,1H3,(H,15,18). The fraction of sp³-hybridized carbons (Fsp3) is 0.462. The van der Waals surface area contributed by atoms with E-state index in [4.69, 9.17) is 0 Å². The largest absolute Gasteiger partial charge is 0.325 e. The van der Waals surface area contributed by atoms with Crippen molar-refractivity contribution in [3.8, 4) is 0 Å². The van der Waals surface area contributed by atoms with Gasteiger partial charge in [-0.1, -0.05) is 0 Å². The first kappa shape index (κ1) is 15.0. The highest BCUT2D eigenvalue weighted by molar-refractivity contribution is 9.10. The zero-order chi connectivity index (χ0) is 15.2. The predicted octanol–water partition coefficient (Wildman–Crippen LogP) is 0.880. The Morgan fingerprint density at radius 3 is 2.52 bits per heavy atom. The molecule has 0 radical (unpaired) electrons. The molecular weight excluding hydrogens is 358 g/mol. The second-order valence-corrected chi connectivity index (χ2v) is 8.13. The van der Waals surface area contributed by atoms with Gasteiger partial charge in [0.1, 0.15) is 0 Å². The lowest BCUT2D eigenvalue weighted by molar-refractivity contribution is -0.115. The quantitative estimate of drug-likeness (QED) is 0.835. The van der Waals surface area contributed by atoms with Crippen LogP contribution in [-0.4, -0.2) is 56.8 Å². The Morgan fingerprint density at radius 1 is 1.19 bits per heavy atom. The average molecular weight is 374 g/mol. The highest BCUT2D eigenvalue weighted by Crippen LogP contribution is 2.34. The van der Waals surface area contributed by atoms with Gasteiger partial charge in [0.15, 0.2) is 0 Å². The summed E-state index contributed by atoms with van der Waals surface area (Å²) in [6, 6.07) is 3.27. The fourth-order valence-corrected chi connectivity index (χ4v) is 5.07. The fourth-order valence-electron chi connectivity index (χ4n) is 2.59. The maximum atomic E-state index is 12.8. The SMILES string of the molecule is CN1CCN(S(=O)(=O)c2cc3c(cc2Br)NC(=O)C3)CC1. The molecule has 1 fully saturated rings. The number of amides is 1. The van der Waals surface area contributed by atoms with Gasteiger partial charge in [0.2, 0.25) is 15.9 Å². The van der Waals surface area contributed by atoms with Crippen molar-refractivity contribution in [1.29, 1.82) is 0 Å². The van der Waals surface area contributed by atoms with Crippen LogP contribution in [0.15, 0.2) is 21.5 Å². The second kappa shape index (κ2) is 5.35. The summed E-state index contributed by atoms with van der Waals surface area (Å²) in [6.07, 6.45) is 0.230. The lowest BCUT2D eigenvalue weighted by Gasteiger charge is -2.31. The van der Waals surface area contributed by atoms with Crippen LogP contribution in [0.2, 0.25) is 0 Å². The third-order valence-electron chi connectivity index (χ3n) is 3.86. The zero-order valence-electron chi connectivity index (χ0n) is 11.6. The molecule has 0 spiro atoms. The number of rotatable bonds is 2. The molecule has 0 saturated carbocycles. The Hall–Kier alpha value is -0.960. The molecule has 21 heavy (non-hydrogen) atoms. The first-order valence-corrected chi connectivity index (χ1v) is 8.92. The Morgan fingerprint density at radius 2 is 1.86 bits per heavy atom. The van der Waals surface area contributed by atoms with Crippen LogP contribution in [0.25, 0.3) is 0 Å². The monoisotopic (exact) mass is 373 g/mol. The van der Waals surface area contributed by atoms with Crippen LogP contribution < -0.4 is 5.32 Å². The van der Waals surface area contributed by atoms with E-state index in [2.05, 4.69) is 26.1 Å². The van der Waals surface area contributed by atoms with Gasteiger partial charge >= 0.3 is 0 Å². The summed E-state index contributed by atoms with van der Waals surface area (Å²) in [4.78, 5) is 13.8. The van der Waals surface area contributed by atoms with E-state index in [0.717, 1.165) is 18.7 Å². The molecule has 1 saturated heterocycles. The molecule has 0 unspecified atom stereocenters. The molecule has 2 aliphatic heterocycles. The van der Waals surface area contributed by atoms with Crippen LogP contribution in [0.3, 0.4) is 0 Å². The van der Waals surface area contributed by atoms with Crippen molar-refractivity contribution in [2.45, 2.75) is 11.3 Å². The van der Waals surface area contributed by atoms with E-state index >= 15 is 0 Å². The van der Waals surface area contributed by atoms with Crippen LogP contribution in [-0.2, 0) is 21.2 Å². The van der Waals surface area contributed by atoms with Gasteiger partial charge in [0, 0.05) is 36.3 Å². The summed E-state index contributed by atoms with van der Waals surface area (Å²) >= 11 is 3.32. The minimum Gasteiger partial charge on any atom is -0.325 e. The normalized spacial score (nSPS) is 20.4. The Balaban J connectivity index is 1.96. The third-order valence-corrected chi connectivity index (χ3v) is 6.72. The molecule has 3 rings (SSSR count). The molecule has 8 heteroatoms. The van der Waals surface area contributed by atoms with E-state index in [1.54, 1.807) is 12.1 Å². The third kappa shape index (κ3) is 2.73. The molecule has 114 valence electrons. The minimum absolute atomic E-state index is 0.106. The van der Waals surface area contributed by atoms with Crippen molar-refractivity contribution < 1.29 is 13.2 Å². The van der Waals surface area contributed by atoms with E-state index < -0.39 is 10.0 Å². The lowest BCUT2D eigenvalue weighted by atomic mass is 10.2. The van der Waals surface area contributed by atoms with Crippen molar-refractivity contribution >= 4 is 37.5 Å². The maximum absolute atomic E-state index is 12.8. The van der Waals surface area contributed by atoms with Gasteiger partial charge in [0.25, 0.3) is 0 Å². The van der Waals surface area contributed by atoms with Crippen LogP contribution in [0.5, 0.6) is 0 Å². The van der Waals surface area contributed by atoms with Gasteiger partial charge in [-0.2, -0.15) is 4.31 Å².